The highest BCUT2D eigenvalue weighted by Crippen LogP contribution is 2.22. The fraction of sp³-hybridized carbons (Fsp3) is 0.111. The summed E-state index contributed by atoms with van der Waals surface area (Å²) >= 11 is 0. The number of pyridine rings is 2. The smallest absolute Gasteiger partial charge is 0.243 e. The van der Waals surface area contributed by atoms with Gasteiger partial charge in [0, 0.05) is 18.3 Å². The Morgan fingerprint density at radius 3 is 2.54 bits per heavy atom. The average molecular weight is 373 g/mol. The van der Waals surface area contributed by atoms with E-state index < -0.39 is 20.7 Å². The minimum Gasteiger partial charge on any atom is -0.497 e. The third-order valence-corrected chi connectivity index (χ3v) is 5.02. The van der Waals surface area contributed by atoms with Gasteiger partial charge in [-0.3, -0.25) is 4.98 Å². The summed E-state index contributed by atoms with van der Waals surface area (Å²) in [5, 5.41) is 0. The molecule has 0 bridgehead atoms. The third-order valence-electron chi connectivity index (χ3n) is 3.58. The molecule has 0 aliphatic rings. The molecule has 0 unspecified atom stereocenters. The Balaban J connectivity index is 1.87. The summed E-state index contributed by atoms with van der Waals surface area (Å²) in [7, 11) is -2.50. The summed E-state index contributed by atoms with van der Waals surface area (Å²) in [4.78, 5) is 8.23. The topological polar surface area (TPSA) is 81.2 Å². The van der Waals surface area contributed by atoms with Gasteiger partial charge in [-0.05, 0) is 24.3 Å². The van der Waals surface area contributed by atoms with Gasteiger partial charge in [0.1, 0.15) is 16.5 Å². The van der Waals surface area contributed by atoms with Crippen molar-refractivity contribution in [1.82, 2.24) is 14.7 Å². The van der Waals surface area contributed by atoms with Crippen LogP contribution in [-0.4, -0.2) is 25.5 Å². The van der Waals surface area contributed by atoms with Crippen molar-refractivity contribution in [3.8, 4) is 17.1 Å². The van der Waals surface area contributed by atoms with Crippen LogP contribution in [0.25, 0.3) is 11.4 Å². The fourth-order valence-electron chi connectivity index (χ4n) is 2.32. The van der Waals surface area contributed by atoms with Gasteiger partial charge in [-0.1, -0.05) is 18.2 Å². The number of halogens is 1. The van der Waals surface area contributed by atoms with Crippen molar-refractivity contribution in [2.75, 3.05) is 7.11 Å². The van der Waals surface area contributed by atoms with Crippen LogP contribution in [0.3, 0.4) is 0 Å². The predicted octanol–water partition coefficient (Wildman–Crippen LogP) is 2.77. The van der Waals surface area contributed by atoms with Gasteiger partial charge in [0.2, 0.25) is 10.0 Å². The van der Waals surface area contributed by atoms with Gasteiger partial charge in [0.05, 0.1) is 30.7 Å². The molecular formula is C18H16FN3O3S. The second-order valence-corrected chi connectivity index (χ2v) is 7.09. The molecule has 1 N–H and O–H groups in total. The number of hydrogen-bond donors (Lipinski definition) is 1. The van der Waals surface area contributed by atoms with Crippen molar-refractivity contribution >= 4 is 10.0 Å². The maximum Gasteiger partial charge on any atom is 0.243 e. The lowest BCUT2D eigenvalue weighted by Gasteiger charge is -2.10. The van der Waals surface area contributed by atoms with Crippen LogP contribution in [0, 0.1) is 5.82 Å². The SMILES string of the molecule is COc1cc(CNS(=O)(=O)c2ccccc2F)nc(-c2ccccn2)c1. The highest BCUT2D eigenvalue weighted by molar-refractivity contribution is 7.89. The minimum absolute atomic E-state index is 0.117. The number of nitrogens with zero attached hydrogens (tertiary/aromatic N) is 2. The molecule has 2 aromatic heterocycles. The Morgan fingerprint density at radius 1 is 1.08 bits per heavy atom. The molecule has 0 saturated carbocycles. The molecule has 0 aliphatic heterocycles. The van der Waals surface area contributed by atoms with E-state index in [1.165, 1.54) is 25.3 Å². The lowest BCUT2D eigenvalue weighted by molar-refractivity contribution is 0.413. The number of hydrogen-bond acceptors (Lipinski definition) is 5. The third kappa shape index (κ3) is 4.04. The summed E-state index contributed by atoms with van der Waals surface area (Å²) < 4.78 is 46.0. The van der Waals surface area contributed by atoms with Gasteiger partial charge < -0.3 is 4.74 Å². The molecule has 1 aromatic carbocycles. The summed E-state index contributed by atoms with van der Waals surface area (Å²) in [6.45, 7) is -0.117. The van der Waals surface area contributed by atoms with Gasteiger partial charge in [-0.15, -0.1) is 0 Å². The van der Waals surface area contributed by atoms with E-state index in [0.29, 0.717) is 22.8 Å². The maximum absolute atomic E-state index is 13.8. The number of benzene rings is 1. The van der Waals surface area contributed by atoms with Crippen LogP contribution in [0.5, 0.6) is 5.75 Å². The molecule has 8 heteroatoms. The minimum atomic E-state index is -4.01. The van der Waals surface area contributed by atoms with Gasteiger partial charge in [-0.25, -0.2) is 22.5 Å². The van der Waals surface area contributed by atoms with E-state index in [-0.39, 0.29) is 6.54 Å². The van der Waals surface area contributed by atoms with Crippen LogP contribution in [0.2, 0.25) is 0 Å². The summed E-state index contributed by atoms with van der Waals surface area (Å²) in [6.07, 6.45) is 1.64. The molecular weight excluding hydrogens is 357 g/mol. The average Bonchev–Trinajstić information content (AvgIpc) is 2.67. The second kappa shape index (κ2) is 7.59. The van der Waals surface area contributed by atoms with E-state index in [2.05, 4.69) is 14.7 Å². The van der Waals surface area contributed by atoms with E-state index in [9.17, 15) is 12.8 Å². The summed E-state index contributed by atoms with van der Waals surface area (Å²) in [6, 6.07) is 13.9. The Morgan fingerprint density at radius 2 is 1.85 bits per heavy atom. The molecule has 0 aliphatic carbocycles. The second-order valence-electron chi connectivity index (χ2n) is 5.35. The van der Waals surface area contributed by atoms with Crippen LogP contribution in [-0.2, 0) is 16.6 Å². The predicted molar refractivity (Wildman–Crippen MR) is 94.4 cm³/mol. The van der Waals surface area contributed by atoms with Gasteiger partial charge in [0.25, 0.3) is 0 Å². The maximum atomic E-state index is 13.8. The monoisotopic (exact) mass is 373 g/mol. The number of aromatic nitrogens is 2. The summed E-state index contributed by atoms with van der Waals surface area (Å²) in [5.74, 6) is -0.298. The Labute approximate surface area is 150 Å². The molecule has 0 radical (unpaired) electrons. The quantitative estimate of drug-likeness (QED) is 0.719. The highest BCUT2D eigenvalue weighted by Gasteiger charge is 2.18. The van der Waals surface area contributed by atoms with Gasteiger partial charge in [-0.2, -0.15) is 0 Å². The molecule has 2 heterocycles. The first-order chi connectivity index (χ1) is 12.5. The van der Waals surface area contributed by atoms with Crippen molar-refractivity contribution in [2.45, 2.75) is 11.4 Å². The molecule has 26 heavy (non-hydrogen) atoms. The number of ether oxygens (including phenoxy) is 1. The first kappa shape index (κ1) is 18.0. The van der Waals surface area contributed by atoms with E-state index in [1.54, 1.807) is 30.5 Å². The highest BCUT2D eigenvalue weighted by atomic mass is 32.2. The molecule has 134 valence electrons. The van der Waals surface area contributed by atoms with Crippen molar-refractivity contribution in [3.05, 3.63) is 72.3 Å². The molecule has 0 fully saturated rings. The zero-order valence-electron chi connectivity index (χ0n) is 13.9. The van der Waals surface area contributed by atoms with Crippen LogP contribution < -0.4 is 9.46 Å². The molecule has 0 amide bonds. The molecule has 0 atom stereocenters. The number of rotatable bonds is 6. The first-order valence-corrected chi connectivity index (χ1v) is 9.18. The van der Waals surface area contributed by atoms with Gasteiger partial charge >= 0.3 is 0 Å². The van der Waals surface area contributed by atoms with Crippen LogP contribution >= 0.6 is 0 Å². The van der Waals surface area contributed by atoms with E-state index in [0.717, 1.165) is 6.07 Å². The van der Waals surface area contributed by atoms with Crippen molar-refractivity contribution < 1.29 is 17.5 Å². The lowest BCUT2D eigenvalue weighted by atomic mass is 10.2. The van der Waals surface area contributed by atoms with E-state index in [1.807, 2.05) is 6.07 Å². The zero-order chi connectivity index (χ0) is 18.6. The Bertz CT molecular complexity index is 1010. The normalized spacial score (nSPS) is 11.3. The van der Waals surface area contributed by atoms with Crippen molar-refractivity contribution in [1.29, 1.82) is 0 Å². The van der Waals surface area contributed by atoms with E-state index in [4.69, 9.17) is 4.74 Å². The largest absolute Gasteiger partial charge is 0.497 e. The van der Waals surface area contributed by atoms with Crippen LogP contribution in [0.15, 0.2) is 65.7 Å². The Kier molecular flexibility index (Phi) is 5.24. The number of sulfonamides is 1. The molecule has 0 saturated heterocycles. The number of methoxy groups -OCH3 is 1. The standard InChI is InChI=1S/C18H16FN3O3S/c1-25-14-10-13(22-17(11-14)16-7-4-5-9-20-16)12-21-26(23,24)18-8-3-2-6-15(18)19/h2-11,21H,12H2,1H3. The van der Waals surface area contributed by atoms with Crippen LogP contribution in [0.4, 0.5) is 4.39 Å². The molecule has 6 nitrogen and oxygen atoms in total. The first-order valence-electron chi connectivity index (χ1n) is 7.70. The lowest BCUT2D eigenvalue weighted by Crippen LogP contribution is -2.24. The number of nitrogens with one attached hydrogen (secondary N) is 1. The van der Waals surface area contributed by atoms with E-state index >= 15 is 0 Å². The van der Waals surface area contributed by atoms with Crippen molar-refractivity contribution in [2.24, 2.45) is 0 Å². The molecule has 3 rings (SSSR count). The Hall–Kier alpha value is -2.84. The van der Waals surface area contributed by atoms with Crippen LogP contribution in [0.1, 0.15) is 5.69 Å². The molecule has 3 aromatic rings. The fourth-order valence-corrected chi connectivity index (χ4v) is 3.40. The van der Waals surface area contributed by atoms with Crippen molar-refractivity contribution in [3.63, 3.8) is 0 Å². The zero-order valence-corrected chi connectivity index (χ0v) is 14.7. The summed E-state index contributed by atoms with van der Waals surface area (Å²) in [5.41, 5.74) is 1.60. The molecule has 0 spiro atoms. The van der Waals surface area contributed by atoms with Gasteiger partial charge in [0.15, 0.2) is 0 Å².